The first-order valence-electron chi connectivity index (χ1n) is 6.19. The molecule has 19 heavy (non-hydrogen) atoms. The maximum absolute atomic E-state index is 12.4. The van der Waals surface area contributed by atoms with E-state index in [1.165, 1.54) is 16.4 Å². The number of nitrogens with zero attached hydrogens (tertiary/aromatic N) is 1. The molecule has 0 saturated carbocycles. The van der Waals surface area contributed by atoms with Crippen molar-refractivity contribution in [3.8, 4) is 0 Å². The van der Waals surface area contributed by atoms with Gasteiger partial charge in [-0.25, -0.2) is 8.42 Å². The smallest absolute Gasteiger partial charge is 0.307 e. The van der Waals surface area contributed by atoms with E-state index in [0.717, 1.165) is 0 Å². The average Bonchev–Trinajstić information content (AvgIpc) is 2.39. The van der Waals surface area contributed by atoms with Crippen LogP contribution in [0.25, 0.3) is 0 Å². The van der Waals surface area contributed by atoms with Crippen LogP contribution in [-0.4, -0.2) is 36.9 Å². The van der Waals surface area contributed by atoms with Gasteiger partial charge in [-0.1, -0.05) is 25.1 Å². The number of aliphatic carboxylic acids is 1. The number of benzene rings is 1. The molecular weight excluding hydrogens is 266 g/mol. The van der Waals surface area contributed by atoms with E-state index >= 15 is 0 Å². The number of carboxylic acids is 1. The predicted octanol–water partition coefficient (Wildman–Crippen LogP) is 1.42. The predicted molar refractivity (Wildman–Crippen MR) is 70.1 cm³/mol. The largest absolute Gasteiger partial charge is 0.481 e. The van der Waals surface area contributed by atoms with Gasteiger partial charge < -0.3 is 5.11 Å². The summed E-state index contributed by atoms with van der Waals surface area (Å²) in [6.07, 6.45) is 0.524. The molecule has 1 heterocycles. The minimum absolute atomic E-state index is 0.0494. The van der Waals surface area contributed by atoms with E-state index in [0.29, 0.717) is 13.0 Å². The van der Waals surface area contributed by atoms with Gasteiger partial charge in [0.25, 0.3) is 0 Å². The third kappa shape index (κ3) is 2.96. The molecule has 1 aromatic carbocycles. The fourth-order valence-electron chi connectivity index (χ4n) is 2.42. The Kier molecular flexibility index (Phi) is 3.91. The van der Waals surface area contributed by atoms with E-state index < -0.39 is 21.9 Å². The highest BCUT2D eigenvalue weighted by molar-refractivity contribution is 7.89. The summed E-state index contributed by atoms with van der Waals surface area (Å²) in [5, 5.41) is 9.09. The lowest BCUT2D eigenvalue weighted by Crippen LogP contribution is -2.45. The molecule has 0 aliphatic carbocycles. The van der Waals surface area contributed by atoms with Crippen molar-refractivity contribution < 1.29 is 18.3 Å². The van der Waals surface area contributed by atoms with Gasteiger partial charge >= 0.3 is 5.97 Å². The lowest BCUT2D eigenvalue weighted by atomic mass is 9.92. The first kappa shape index (κ1) is 14.0. The molecule has 1 aliphatic rings. The highest BCUT2D eigenvalue weighted by atomic mass is 32.2. The Bertz CT molecular complexity index is 555. The number of rotatable bonds is 3. The summed E-state index contributed by atoms with van der Waals surface area (Å²) in [6.45, 7) is 2.31. The van der Waals surface area contributed by atoms with Crippen LogP contribution in [0.2, 0.25) is 0 Å². The lowest BCUT2D eigenvalue weighted by molar-refractivity contribution is -0.143. The molecule has 1 saturated heterocycles. The molecule has 6 heteroatoms. The van der Waals surface area contributed by atoms with Crippen LogP contribution in [0.1, 0.15) is 13.3 Å². The minimum atomic E-state index is -3.59. The van der Waals surface area contributed by atoms with Crippen LogP contribution in [0, 0.1) is 11.8 Å². The quantitative estimate of drug-likeness (QED) is 0.910. The summed E-state index contributed by atoms with van der Waals surface area (Å²) < 4.78 is 26.2. The number of piperidine rings is 1. The topological polar surface area (TPSA) is 74.7 Å². The van der Waals surface area contributed by atoms with Crippen LogP contribution in [0.5, 0.6) is 0 Å². The maximum Gasteiger partial charge on any atom is 0.307 e. The normalized spacial score (nSPS) is 25.1. The van der Waals surface area contributed by atoms with Gasteiger partial charge in [-0.15, -0.1) is 0 Å². The second-order valence-corrected chi connectivity index (χ2v) is 6.95. The monoisotopic (exact) mass is 283 g/mol. The molecule has 1 fully saturated rings. The molecule has 2 rings (SSSR count). The van der Waals surface area contributed by atoms with Gasteiger partial charge in [-0.05, 0) is 24.5 Å². The molecule has 0 amide bonds. The van der Waals surface area contributed by atoms with Crippen LogP contribution >= 0.6 is 0 Å². The first-order chi connectivity index (χ1) is 8.91. The molecule has 0 radical (unpaired) electrons. The third-order valence-corrected chi connectivity index (χ3v) is 5.20. The van der Waals surface area contributed by atoms with E-state index in [2.05, 4.69) is 0 Å². The van der Waals surface area contributed by atoms with E-state index in [1.807, 2.05) is 6.92 Å². The standard InChI is InChI=1S/C13H17NO4S/c1-10-7-11(13(15)16)9-14(8-10)19(17,18)12-5-3-2-4-6-12/h2-6,10-11H,7-9H2,1H3,(H,15,16). The van der Waals surface area contributed by atoms with E-state index in [4.69, 9.17) is 5.11 Å². The summed E-state index contributed by atoms with van der Waals surface area (Å²) in [6, 6.07) is 8.14. The van der Waals surface area contributed by atoms with Crippen molar-refractivity contribution in [2.24, 2.45) is 11.8 Å². The molecule has 1 aliphatic heterocycles. The summed E-state index contributed by atoms with van der Waals surface area (Å²) in [5.41, 5.74) is 0. The van der Waals surface area contributed by atoms with Gasteiger partial charge in [0.1, 0.15) is 0 Å². The van der Waals surface area contributed by atoms with E-state index in [-0.39, 0.29) is 17.4 Å². The zero-order valence-corrected chi connectivity index (χ0v) is 11.5. The van der Waals surface area contributed by atoms with E-state index in [9.17, 15) is 13.2 Å². The Morgan fingerprint density at radius 2 is 1.89 bits per heavy atom. The zero-order chi connectivity index (χ0) is 14.0. The molecule has 0 bridgehead atoms. The second-order valence-electron chi connectivity index (χ2n) is 5.01. The lowest BCUT2D eigenvalue weighted by Gasteiger charge is -2.33. The van der Waals surface area contributed by atoms with Gasteiger partial charge in [0.05, 0.1) is 10.8 Å². The zero-order valence-electron chi connectivity index (χ0n) is 10.7. The Hall–Kier alpha value is -1.40. The molecule has 5 nitrogen and oxygen atoms in total. The van der Waals surface area contributed by atoms with Crippen molar-refractivity contribution in [1.82, 2.24) is 4.31 Å². The Balaban J connectivity index is 2.28. The molecule has 0 aromatic heterocycles. The summed E-state index contributed by atoms with van der Waals surface area (Å²) in [4.78, 5) is 11.3. The summed E-state index contributed by atoms with van der Waals surface area (Å²) >= 11 is 0. The van der Waals surface area contributed by atoms with Crippen molar-refractivity contribution in [1.29, 1.82) is 0 Å². The SMILES string of the molecule is CC1CC(C(=O)O)CN(S(=O)(=O)c2ccccc2)C1. The van der Waals surface area contributed by atoms with Crippen molar-refractivity contribution in [3.05, 3.63) is 30.3 Å². The Labute approximate surface area is 112 Å². The Morgan fingerprint density at radius 1 is 1.26 bits per heavy atom. The second kappa shape index (κ2) is 5.30. The fraction of sp³-hybridized carbons (Fsp3) is 0.462. The van der Waals surface area contributed by atoms with Gasteiger partial charge in [-0.3, -0.25) is 4.79 Å². The Morgan fingerprint density at radius 3 is 2.47 bits per heavy atom. The van der Waals surface area contributed by atoms with Crippen LogP contribution in [0.3, 0.4) is 0 Å². The number of hydrogen-bond donors (Lipinski definition) is 1. The van der Waals surface area contributed by atoms with Gasteiger partial charge in [0.2, 0.25) is 10.0 Å². The van der Waals surface area contributed by atoms with Crippen LogP contribution < -0.4 is 0 Å². The van der Waals surface area contributed by atoms with Crippen molar-refractivity contribution in [2.45, 2.75) is 18.2 Å². The van der Waals surface area contributed by atoms with Crippen LogP contribution in [-0.2, 0) is 14.8 Å². The molecule has 1 N–H and O–H groups in total. The van der Waals surface area contributed by atoms with Crippen molar-refractivity contribution >= 4 is 16.0 Å². The third-order valence-electron chi connectivity index (χ3n) is 3.36. The van der Waals surface area contributed by atoms with Gasteiger partial charge in [0.15, 0.2) is 0 Å². The van der Waals surface area contributed by atoms with Gasteiger partial charge in [0, 0.05) is 13.1 Å². The number of carbonyl (C=O) groups is 1. The van der Waals surface area contributed by atoms with Crippen LogP contribution in [0.15, 0.2) is 35.2 Å². The average molecular weight is 283 g/mol. The van der Waals surface area contributed by atoms with Gasteiger partial charge in [-0.2, -0.15) is 4.31 Å². The fourth-order valence-corrected chi connectivity index (χ4v) is 4.05. The minimum Gasteiger partial charge on any atom is -0.481 e. The maximum atomic E-state index is 12.4. The number of carboxylic acid groups (broad SMARTS) is 1. The summed E-state index contributed by atoms with van der Waals surface area (Å²) in [7, 11) is -3.59. The van der Waals surface area contributed by atoms with Crippen molar-refractivity contribution in [2.75, 3.05) is 13.1 Å². The highest BCUT2D eigenvalue weighted by Gasteiger charge is 2.35. The van der Waals surface area contributed by atoms with Crippen LogP contribution in [0.4, 0.5) is 0 Å². The van der Waals surface area contributed by atoms with Crippen molar-refractivity contribution in [3.63, 3.8) is 0 Å². The molecule has 2 unspecified atom stereocenters. The molecule has 2 atom stereocenters. The highest BCUT2D eigenvalue weighted by Crippen LogP contribution is 2.26. The van der Waals surface area contributed by atoms with E-state index in [1.54, 1.807) is 18.2 Å². The number of sulfonamides is 1. The summed E-state index contributed by atoms with van der Waals surface area (Å²) in [5.74, 6) is -1.50. The molecular formula is C13H17NO4S. The molecule has 0 spiro atoms. The molecule has 104 valence electrons. The molecule has 1 aromatic rings. The first-order valence-corrected chi connectivity index (χ1v) is 7.63. The number of hydrogen-bond acceptors (Lipinski definition) is 3.